The molecule has 1 aromatic rings. The van der Waals surface area contributed by atoms with Gasteiger partial charge in [0.25, 0.3) is 5.91 Å². The molecule has 0 radical (unpaired) electrons. The molecule has 0 saturated heterocycles. The molecular weight excluding hydrogens is 327 g/mol. The van der Waals surface area contributed by atoms with E-state index in [1.807, 2.05) is 0 Å². The minimum Gasteiger partial charge on any atom is -0.481 e. The second-order valence-corrected chi connectivity index (χ2v) is 6.02. The van der Waals surface area contributed by atoms with Crippen molar-refractivity contribution in [2.24, 2.45) is 5.41 Å². The maximum Gasteiger partial charge on any atom is 0.387 e. The van der Waals surface area contributed by atoms with E-state index in [-0.39, 0.29) is 5.56 Å². The minimum absolute atomic E-state index is 0.0903. The Labute approximate surface area is 136 Å². The van der Waals surface area contributed by atoms with Crippen molar-refractivity contribution in [3.63, 3.8) is 0 Å². The molecule has 5 nitrogen and oxygen atoms in total. The molecular formula is C16H18F3NO4. The Morgan fingerprint density at radius 2 is 2.08 bits per heavy atom. The molecule has 2 unspecified atom stereocenters. The smallest absolute Gasteiger partial charge is 0.387 e. The number of carboxylic acids is 1. The molecule has 1 saturated carbocycles. The van der Waals surface area contributed by atoms with Crippen LogP contribution in [0.3, 0.4) is 0 Å². The fourth-order valence-corrected chi connectivity index (χ4v) is 2.90. The van der Waals surface area contributed by atoms with E-state index in [4.69, 9.17) is 0 Å². The summed E-state index contributed by atoms with van der Waals surface area (Å²) in [5.41, 5.74) is -1.18. The molecule has 2 rings (SSSR count). The highest BCUT2D eigenvalue weighted by atomic mass is 19.3. The van der Waals surface area contributed by atoms with Gasteiger partial charge in [-0.15, -0.1) is 0 Å². The Morgan fingerprint density at radius 1 is 1.38 bits per heavy atom. The number of carboxylic acid groups (broad SMARTS) is 1. The van der Waals surface area contributed by atoms with Crippen LogP contribution in [0.25, 0.3) is 0 Å². The quantitative estimate of drug-likeness (QED) is 0.859. The van der Waals surface area contributed by atoms with Gasteiger partial charge >= 0.3 is 12.6 Å². The Bertz CT molecular complexity index is 638. The summed E-state index contributed by atoms with van der Waals surface area (Å²) in [7, 11) is 0. The van der Waals surface area contributed by atoms with Crippen molar-refractivity contribution in [3.05, 3.63) is 29.6 Å². The zero-order valence-electron chi connectivity index (χ0n) is 13.0. The SMILES string of the molecule is CC1(C(=O)O)CCCCC1NC(=O)c1ccc(OC(F)F)c(F)c1. The second-order valence-electron chi connectivity index (χ2n) is 6.02. The number of hydrogen-bond acceptors (Lipinski definition) is 3. The lowest BCUT2D eigenvalue weighted by Crippen LogP contribution is -2.52. The van der Waals surface area contributed by atoms with Crippen molar-refractivity contribution < 1.29 is 32.6 Å². The Balaban J connectivity index is 2.14. The highest BCUT2D eigenvalue weighted by Crippen LogP contribution is 2.36. The summed E-state index contributed by atoms with van der Waals surface area (Å²) in [6.07, 6.45) is 2.47. The number of amides is 1. The maximum absolute atomic E-state index is 13.7. The van der Waals surface area contributed by atoms with E-state index in [1.54, 1.807) is 6.92 Å². The summed E-state index contributed by atoms with van der Waals surface area (Å²) >= 11 is 0. The molecule has 1 aromatic carbocycles. The molecule has 0 aromatic heterocycles. The Hall–Kier alpha value is -2.25. The maximum atomic E-state index is 13.7. The first kappa shape index (κ1) is 18.1. The summed E-state index contributed by atoms with van der Waals surface area (Å²) in [5, 5.41) is 12.0. The van der Waals surface area contributed by atoms with Crippen LogP contribution in [-0.4, -0.2) is 29.6 Å². The zero-order valence-corrected chi connectivity index (χ0v) is 13.0. The van der Waals surface area contributed by atoms with Crippen LogP contribution in [0.4, 0.5) is 13.2 Å². The van der Waals surface area contributed by atoms with Gasteiger partial charge in [0.1, 0.15) is 0 Å². The molecule has 1 aliphatic rings. The fraction of sp³-hybridized carbons (Fsp3) is 0.500. The van der Waals surface area contributed by atoms with Crippen LogP contribution in [0, 0.1) is 11.2 Å². The van der Waals surface area contributed by atoms with Gasteiger partial charge in [0.15, 0.2) is 11.6 Å². The van der Waals surface area contributed by atoms with Crippen molar-refractivity contribution in [2.45, 2.75) is 45.3 Å². The first-order valence-electron chi connectivity index (χ1n) is 7.52. The fourth-order valence-electron chi connectivity index (χ4n) is 2.90. The number of carbonyl (C=O) groups excluding carboxylic acids is 1. The number of aliphatic carboxylic acids is 1. The molecule has 1 amide bonds. The minimum atomic E-state index is -3.17. The molecule has 2 atom stereocenters. The van der Waals surface area contributed by atoms with Crippen LogP contribution >= 0.6 is 0 Å². The number of hydrogen-bond donors (Lipinski definition) is 2. The van der Waals surface area contributed by atoms with E-state index < -0.39 is 41.5 Å². The molecule has 2 N–H and O–H groups in total. The molecule has 0 spiro atoms. The first-order valence-corrected chi connectivity index (χ1v) is 7.52. The molecule has 0 aliphatic heterocycles. The molecule has 132 valence electrons. The highest BCUT2D eigenvalue weighted by Gasteiger charge is 2.43. The van der Waals surface area contributed by atoms with E-state index in [9.17, 15) is 27.9 Å². The standard InChI is InChI=1S/C16H18F3NO4/c1-16(14(22)23)7-3-2-4-12(16)20-13(21)9-5-6-11(10(17)8-9)24-15(18)19/h5-6,8,12,15H,2-4,7H2,1H3,(H,20,21)(H,22,23). The van der Waals surface area contributed by atoms with Gasteiger partial charge in [-0.1, -0.05) is 12.8 Å². The zero-order chi connectivity index (χ0) is 17.9. The van der Waals surface area contributed by atoms with Crippen LogP contribution in [0.5, 0.6) is 5.75 Å². The number of rotatable bonds is 5. The predicted octanol–water partition coefficient (Wildman–Crippen LogP) is 3.19. The summed E-state index contributed by atoms with van der Waals surface area (Å²) in [4.78, 5) is 23.8. The molecule has 0 heterocycles. The van der Waals surface area contributed by atoms with Gasteiger partial charge in [0.2, 0.25) is 0 Å². The number of benzene rings is 1. The number of halogens is 3. The van der Waals surface area contributed by atoms with Gasteiger partial charge in [0, 0.05) is 11.6 Å². The third-order valence-corrected chi connectivity index (χ3v) is 4.41. The normalized spacial score (nSPS) is 23.8. The van der Waals surface area contributed by atoms with Crippen molar-refractivity contribution >= 4 is 11.9 Å². The topological polar surface area (TPSA) is 75.6 Å². The first-order chi connectivity index (χ1) is 11.2. The third-order valence-electron chi connectivity index (χ3n) is 4.41. The van der Waals surface area contributed by atoms with Crippen LogP contribution in [0.15, 0.2) is 18.2 Å². The summed E-state index contributed by atoms with van der Waals surface area (Å²) in [6.45, 7) is -1.60. The van der Waals surface area contributed by atoms with Crippen molar-refractivity contribution in [2.75, 3.05) is 0 Å². The number of nitrogens with one attached hydrogen (secondary N) is 1. The van der Waals surface area contributed by atoms with E-state index in [1.165, 1.54) is 0 Å². The lowest BCUT2D eigenvalue weighted by atomic mass is 9.71. The molecule has 1 aliphatic carbocycles. The van der Waals surface area contributed by atoms with Crippen molar-refractivity contribution in [1.82, 2.24) is 5.32 Å². The molecule has 8 heteroatoms. The molecule has 24 heavy (non-hydrogen) atoms. The van der Waals surface area contributed by atoms with Gasteiger partial charge in [-0.2, -0.15) is 8.78 Å². The van der Waals surface area contributed by atoms with Gasteiger partial charge in [0.05, 0.1) is 5.41 Å². The van der Waals surface area contributed by atoms with Gasteiger partial charge < -0.3 is 15.2 Å². The summed E-state index contributed by atoms with van der Waals surface area (Å²) < 4.78 is 41.9. The number of ether oxygens (including phenoxy) is 1. The van der Waals surface area contributed by atoms with Gasteiger partial charge in [-0.25, -0.2) is 4.39 Å². The highest BCUT2D eigenvalue weighted by molar-refractivity contribution is 5.95. The average Bonchev–Trinajstić information content (AvgIpc) is 2.51. The van der Waals surface area contributed by atoms with Crippen LogP contribution < -0.4 is 10.1 Å². The van der Waals surface area contributed by atoms with Gasteiger partial charge in [-0.3, -0.25) is 9.59 Å². The van der Waals surface area contributed by atoms with E-state index in [0.29, 0.717) is 12.8 Å². The Kier molecular flexibility index (Phi) is 5.36. The van der Waals surface area contributed by atoms with E-state index >= 15 is 0 Å². The molecule has 0 bridgehead atoms. The average molecular weight is 345 g/mol. The largest absolute Gasteiger partial charge is 0.481 e. The van der Waals surface area contributed by atoms with E-state index in [2.05, 4.69) is 10.1 Å². The molecule has 1 fully saturated rings. The third kappa shape index (κ3) is 3.80. The predicted molar refractivity (Wildman–Crippen MR) is 78.5 cm³/mol. The summed E-state index contributed by atoms with van der Waals surface area (Å²) in [6, 6.07) is 2.29. The van der Waals surface area contributed by atoms with Crippen molar-refractivity contribution in [1.29, 1.82) is 0 Å². The Morgan fingerprint density at radius 3 is 2.67 bits per heavy atom. The lowest BCUT2D eigenvalue weighted by molar-refractivity contribution is -0.151. The number of alkyl halides is 2. The van der Waals surface area contributed by atoms with Crippen molar-refractivity contribution in [3.8, 4) is 5.75 Å². The van der Waals surface area contributed by atoms with Crippen LogP contribution in [0.1, 0.15) is 43.0 Å². The monoisotopic (exact) mass is 345 g/mol. The number of carbonyl (C=O) groups is 2. The van der Waals surface area contributed by atoms with Crippen LogP contribution in [-0.2, 0) is 4.79 Å². The summed E-state index contributed by atoms with van der Waals surface area (Å²) in [5.74, 6) is -3.40. The second kappa shape index (κ2) is 7.11. The lowest BCUT2D eigenvalue weighted by Gasteiger charge is -2.38. The van der Waals surface area contributed by atoms with Crippen LogP contribution in [0.2, 0.25) is 0 Å². The van der Waals surface area contributed by atoms with Gasteiger partial charge in [-0.05, 0) is 38.0 Å². The van der Waals surface area contributed by atoms with E-state index in [0.717, 1.165) is 31.0 Å².